The van der Waals surface area contributed by atoms with Crippen LogP contribution in [-0.4, -0.2) is 78.6 Å². The van der Waals surface area contributed by atoms with Gasteiger partial charge in [0.05, 0.1) is 38.9 Å². The fourth-order valence-corrected chi connectivity index (χ4v) is 3.61. The maximum Gasteiger partial charge on any atom is 0.305 e. The van der Waals surface area contributed by atoms with Gasteiger partial charge in [-0.1, -0.05) is 29.8 Å². The molecule has 1 aromatic carbocycles. The van der Waals surface area contributed by atoms with Crippen molar-refractivity contribution in [2.75, 3.05) is 67.7 Å². The first kappa shape index (κ1) is 21.3. The number of benzene rings is 1. The Kier molecular flexibility index (Phi) is 6.78. The summed E-state index contributed by atoms with van der Waals surface area (Å²) < 4.78 is 10.9. The van der Waals surface area contributed by atoms with Gasteiger partial charge in [0, 0.05) is 26.2 Å². The molecule has 4 rings (SSSR count). The minimum Gasteiger partial charge on any atom is -0.481 e. The molecule has 0 unspecified atom stereocenters. The lowest BCUT2D eigenvalue weighted by molar-refractivity contribution is -0.137. The highest BCUT2D eigenvalue weighted by Gasteiger charge is 2.23. The Hall–Kier alpha value is -2.98. The van der Waals surface area contributed by atoms with E-state index in [2.05, 4.69) is 25.1 Å². The molecule has 2 aliphatic heterocycles. The third kappa shape index (κ3) is 5.59. The molecule has 1 aromatic heterocycles. The third-order valence-corrected chi connectivity index (χ3v) is 5.36. The van der Waals surface area contributed by atoms with Gasteiger partial charge in [0.15, 0.2) is 0 Å². The number of aromatic nitrogens is 3. The molecule has 2 aromatic rings. The van der Waals surface area contributed by atoms with Crippen molar-refractivity contribution < 1.29 is 19.4 Å². The van der Waals surface area contributed by atoms with Gasteiger partial charge in [-0.3, -0.25) is 4.79 Å². The van der Waals surface area contributed by atoms with E-state index < -0.39 is 12.0 Å². The van der Waals surface area contributed by atoms with Crippen LogP contribution in [0.15, 0.2) is 24.3 Å². The number of aryl methyl sites for hydroxylation is 1. The van der Waals surface area contributed by atoms with E-state index in [0.717, 1.165) is 11.1 Å². The topological polar surface area (TPSA) is 113 Å². The first-order chi connectivity index (χ1) is 15.1. The highest BCUT2D eigenvalue weighted by Crippen LogP contribution is 2.25. The van der Waals surface area contributed by atoms with Gasteiger partial charge in [-0.25, -0.2) is 0 Å². The van der Waals surface area contributed by atoms with E-state index in [0.29, 0.717) is 70.5 Å². The second-order valence-corrected chi connectivity index (χ2v) is 7.66. The normalized spacial score (nSPS) is 18.0. The second kappa shape index (κ2) is 9.88. The molecule has 2 saturated heterocycles. The zero-order valence-electron chi connectivity index (χ0n) is 17.7. The Morgan fingerprint density at radius 1 is 0.968 bits per heavy atom. The Morgan fingerprint density at radius 2 is 1.48 bits per heavy atom. The van der Waals surface area contributed by atoms with Crippen molar-refractivity contribution >= 4 is 23.8 Å². The first-order valence-corrected chi connectivity index (χ1v) is 10.5. The summed E-state index contributed by atoms with van der Waals surface area (Å²) in [6, 6.07) is 7.34. The van der Waals surface area contributed by atoms with E-state index in [-0.39, 0.29) is 6.42 Å². The lowest BCUT2D eigenvalue weighted by atomic mass is 10.0. The molecule has 0 spiro atoms. The largest absolute Gasteiger partial charge is 0.481 e. The molecule has 0 bridgehead atoms. The summed E-state index contributed by atoms with van der Waals surface area (Å²) >= 11 is 0. The van der Waals surface area contributed by atoms with Gasteiger partial charge in [0.1, 0.15) is 0 Å². The molecular formula is C21H28N6O4. The van der Waals surface area contributed by atoms with Gasteiger partial charge in [-0.05, 0) is 12.5 Å². The highest BCUT2D eigenvalue weighted by molar-refractivity contribution is 5.68. The summed E-state index contributed by atoms with van der Waals surface area (Å²) in [4.78, 5) is 29.6. The number of anilines is 3. The number of hydrogen-bond donors (Lipinski definition) is 2. The molecule has 0 saturated carbocycles. The Bertz CT molecular complexity index is 846. The van der Waals surface area contributed by atoms with Gasteiger partial charge < -0.3 is 29.7 Å². The molecule has 2 fully saturated rings. The predicted molar refractivity (Wildman–Crippen MR) is 116 cm³/mol. The number of hydrogen-bond acceptors (Lipinski definition) is 9. The van der Waals surface area contributed by atoms with Crippen molar-refractivity contribution in [3.8, 4) is 0 Å². The van der Waals surface area contributed by atoms with Gasteiger partial charge in [-0.2, -0.15) is 15.0 Å². The number of rotatable bonds is 7. The van der Waals surface area contributed by atoms with Crippen LogP contribution in [-0.2, 0) is 14.3 Å². The molecule has 0 radical (unpaired) electrons. The van der Waals surface area contributed by atoms with Crippen molar-refractivity contribution in [3.05, 3.63) is 35.4 Å². The lowest BCUT2D eigenvalue weighted by Gasteiger charge is -2.30. The van der Waals surface area contributed by atoms with Gasteiger partial charge in [0.2, 0.25) is 17.8 Å². The van der Waals surface area contributed by atoms with Crippen molar-refractivity contribution in [2.45, 2.75) is 19.4 Å². The number of nitrogens with zero attached hydrogens (tertiary/aromatic N) is 5. The summed E-state index contributed by atoms with van der Waals surface area (Å²) in [6.07, 6.45) is -0.0888. The second-order valence-electron chi connectivity index (χ2n) is 7.66. The summed E-state index contributed by atoms with van der Waals surface area (Å²) in [6.45, 7) is 7.26. The van der Waals surface area contributed by atoms with E-state index in [1.807, 2.05) is 31.2 Å². The summed E-state index contributed by atoms with van der Waals surface area (Å²) in [5.74, 6) is 0.610. The number of carbonyl (C=O) groups is 1. The van der Waals surface area contributed by atoms with E-state index >= 15 is 0 Å². The van der Waals surface area contributed by atoms with Gasteiger partial charge >= 0.3 is 5.97 Å². The molecule has 0 amide bonds. The number of aliphatic carboxylic acids is 1. The minimum absolute atomic E-state index is 0.0888. The maximum atomic E-state index is 11.5. The van der Waals surface area contributed by atoms with Gasteiger partial charge in [0.25, 0.3) is 0 Å². The average molecular weight is 428 g/mol. The van der Waals surface area contributed by atoms with Crippen LogP contribution in [0, 0.1) is 6.92 Å². The van der Waals surface area contributed by atoms with E-state index in [4.69, 9.17) is 14.5 Å². The molecule has 2 N–H and O–H groups in total. The van der Waals surface area contributed by atoms with Crippen molar-refractivity contribution in [2.24, 2.45) is 0 Å². The van der Waals surface area contributed by atoms with Gasteiger partial charge in [-0.15, -0.1) is 0 Å². The van der Waals surface area contributed by atoms with Crippen molar-refractivity contribution in [1.82, 2.24) is 15.0 Å². The van der Waals surface area contributed by atoms with E-state index in [1.165, 1.54) is 0 Å². The molecule has 2 aliphatic rings. The Morgan fingerprint density at radius 3 is 1.97 bits per heavy atom. The number of carboxylic acids is 1. The van der Waals surface area contributed by atoms with Crippen molar-refractivity contribution in [1.29, 1.82) is 0 Å². The number of carboxylic acid groups (broad SMARTS) is 1. The SMILES string of the molecule is Cc1ccc([C@@H](CC(=O)O)Nc2nc(N3CCOCC3)nc(N3CCOCC3)n2)cc1. The first-order valence-electron chi connectivity index (χ1n) is 10.5. The number of ether oxygens (including phenoxy) is 2. The van der Waals surface area contributed by atoms with Crippen LogP contribution in [0.25, 0.3) is 0 Å². The molecule has 10 heteroatoms. The zero-order valence-corrected chi connectivity index (χ0v) is 17.7. The number of nitrogens with one attached hydrogen (secondary N) is 1. The fourth-order valence-electron chi connectivity index (χ4n) is 3.61. The van der Waals surface area contributed by atoms with E-state index in [9.17, 15) is 9.90 Å². The molecular weight excluding hydrogens is 400 g/mol. The van der Waals surface area contributed by atoms with Crippen LogP contribution in [0.4, 0.5) is 17.8 Å². The Balaban J connectivity index is 1.65. The minimum atomic E-state index is -0.895. The number of morpholine rings is 2. The molecule has 3 heterocycles. The summed E-state index contributed by atoms with van der Waals surface area (Å²) in [5.41, 5.74) is 1.98. The highest BCUT2D eigenvalue weighted by atomic mass is 16.5. The van der Waals surface area contributed by atoms with E-state index in [1.54, 1.807) is 0 Å². The van der Waals surface area contributed by atoms with Crippen LogP contribution in [0.1, 0.15) is 23.6 Å². The lowest BCUT2D eigenvalue weighted by Crippen LogP contribution is -2.40. The van der Waals surface area contributed by atoms with Crippen molar-refractivity contribution in [3.63, 3.8) is 0 Å². The zero-order chi connectivity index (χ0) is 21.6. The molecule has 10 nitrogen and oxygen atoms in total. The van der Waals surface area contributed by atoms with Crippen LogP contribution in [0.3, 0.4) is 0 Å². The molecule has 31 heavy (non-hydrogen) atoms. The summed E-state index contributed by atoms with van der Waals surface area (Å²) in [5, 5.41) is 12.7. The van der Waals surface area contributed by atoms with Crippen LogP contribution >= 0.6 is 0 Å². The molecule has 1 atom stereocenters. The predicted octanol–water partition coefficient (Wildman–Crippen LogP) is 1.48. The molecule has 166 valence electrons. The maximum absolute atomic E-state index is 11.5. The average Bonchev–Trinajstić information content (AvgIpc) is 2.80. The van der Waals surface area contributed by atoms with Crippen LogP contribution in [0.5, 0.6) is 0 Å². The smallest absolute Gasteiger partial charge is 0.305 e. The van der Waals surface area contributed by atoms with Crippen LogP contribution in [0.2, 0.25) is 0 Å². The standard InChI is InChI=1S/C21H28N6O4/c1-15-2-4-16(5-3-15)17(14-18(28)29)22-19-23-20(26-6-10-30-11-7-26)25-21(24-19)27-8-12-31-13-9-27/h2-5,17H,6-14H2,1H3,(H,28,29)(H,22,23,24,25)/t17-/m1/s1. The summed E-state index contributed by atoms with van der Waals surface area (Å²) in [7, 11) is 0. The Labute approximate surface area is 181 Å². The van der Waals surface area contributed by atoms with Crippen LogP contribution < -0.4 is 15.1 Å². The fraction of sp³-hybridized carbons (Fsp3) is 0.524. The quantitative estimate of drug-likeness (QED) is 0.672. The molecule has 0 aliphatic carbocycles. The monoisotopic (exact) mass is 428 g/mol. The third-order valence-electron chi connectivity index (χ3n) is 5.36.